The van der Waals surface area contributed by atoms with Crippen LogP contribution < -0.4 is 5.32 Å². The fraction of sp³-hybridized carbons (Fsp3) is 0.429. The van der Waals surface area contributed by atoms with Crippen LogP contribution in [0.1, 0.15) is 17.3 Å². The monoisotopic (exact) mass is 280 g/mol. The molecule has 2 amide bonds. The van der Waals surface area contributed by atoms with Crippen LogP contribution in [0.5, 0.6) is 0 Å². The van der Waals surface area contributed by atoms with E-state index in [9.17, 15) is 9.59 Å². The minimum absolute atomic E-state index is 0.110. The Bertz CT molecular complexity index is 462. The highest BCUT2D eigenvalue weighted by atomic mass is 16.5. The molecule has 1 aromatic carbocycles. The molecule has 1 aromatic rings. The van der Waals surface area contributed by atoms with E-state index in [2.05, 4.69) is 5.32 Å². The number of aliphatic hydroxyl groups is 1. The van der Waals surface area contributed by atoms with E-state index in [1.54, 1.807) is 31.4 Å². The Labute approximate surface area is 118 Å². The van der Waals surface area contributed by atoms with Crippen molar-refractivity contribution in [3.05, 3.63) is 29.8 Å². The van der Waals surface area contributed by atoms with E-state index >= 15 is 0 Å². The van der Waals surface area contributed by atoms with Crippen molar-refractivity contribution in [3.8, 4) is 0 Å². The molecule has 0 aromatic heterocycles. The molecule has 20 heavy (non-hydrogen) atoms. The molecule has 0 heterocycles. The third kappa shape index (κ3) is 4.99. The zero-order valence-corrected chi connectivity index (χ0v) is 11.8. The number of benzene rings is 1. The van der Waals surface area contributed by atoms with Gasteiger partial charge in [-0.05, 0) is 18.2 Å². The van der Waals surface area contributed by atoms with Crippen molar-refractivity contribution in [1.29, 1.82) is 0 Å². The first kappa shape index (κ1) is 16.1. The lowest BCUT2D eigenvalue weighted by Gasteiger charge is -2.21. The molecule has 0 atom stereocenters. The van der Waals surface area contributed by atoms with Crippen molar-refractivity contribution in [3.63, 3.8) is 0 Å². The van der Waals surface area contributed by atoms with Crippen LogP contribution in [0, 0.1) is 0 Å². The molecular formula is C14H20N2O4. The van der Waals surface area contributed by atoms with Gasteiger partial charge >= 0.3 is 0 Å². The molecule has 1 rings (SSSR count). The van der Waals surface area contributed by atoms with Crippen LogP contribution in [0.4, 0.5) is 5.69 Å². The first-order chi connectivity index (χ1) is 9.58. The van der Waals surface area contributed by atoms with E-state index in [0.717, 1.165) is 0 Å². The second-order valence-corrected chi connectivity index (χ2v) is 4.27. The van der Waals surface area contributed by atoms with Crippen molar-refractivity contribution in [2.45, 2.75) is 6.92 Å². The van der Waals surface area contributed by atoms with Gasteiger partial charge in [0.1, 0.15) is 0 Å². The summed E-state index contributed by atoms with van der Waals surface area (Å²) >= 11 is 0. The van der Waals surface area contributed by atoms with Gasteiger partial charge in [-0.1, -0.05) is 6.07 Å². The summed E-state index contributed by atoms with van der Waals surface area (Å²) < 4.78 is 4.95. The van der Waals surface area contributed by atoms with Crippen molar-refractivity contribution in [1.82, 2.24) is 4.90 Å². The minimum atomic E-state index is -0.205. The van der Waals surface area contributed by atoms with Gasteiger partial charge < -0.3 is 20.1 Å². The lowest BCUT2D eigenvalue weighted by Crippen LogP contribution is -2.36. The molecule has 0 radical (unpaired) electrons. The normalized spacial score (nSPS) is 10.2. The number of nitrogens with one attached hydrogen (secondary N) is 1. The molecule has 2 N–H and O–H groups in total. The number of ether oxygens (including phenoxy) is 1. The average Bonchev–Trinajstić information content (AvgIpc) is 2.42. The van der Waals surface area contributed by atoms with E-state index in [-0.39, 0.29) is 25.0 Å². The van der Waals surface area contributed by atoms with Gasteiger partial charge in [0.15, 0.2) is 0 Å². The summed E-state index contributed by atoms with van der Waals surface area (Å²) in [7, 11) is 1.55. The van der Waals surface area contributed by atoms with Crippen LogP contribution in [0.3, 0.4) is 0 Å². The summed E-state index contributed by atoms with van der Waals surface area (Å²) in [4.78, 5) is 24.9. The van der Waals surface area contributed by atoms with E-state index < -0.39 is 0 Å². The number of methoxy groups -OCH3 is 1. The number of carbonyl (C=O) groups excluding carboxylic acids is 2. The second-order valence-electron chi connectivity index (χ2n) is 4.27. The maximum absolute atomic E-state index is 12.3. The molecule has 0 aliphatic heterocycles. The molecule has 0 fully saturated rings. The molecular weight excluding hydrogens is 260 g/mol. The Balaban J connectivity index is 2.84. The highest BCUT2D eigenvalue weighted by Gasteiger charge is 2.15. The summed E-state index contributed by atoms with van der Waals surface area (Å²) in [5.41, 5.74) is 1.03. The number of amides is 2. The zero-order valence-electron chi connectivity index (χ0n) is 11.8. The topological polar surface area (TPSA) is 78.9 Å². The summed E-state index contributed by atoms with van der Waals surface area (Å²) in [6.45, 7) is 2.34. The third-order valence-electron chi connectivity index (χ3n) is 2.65. The van der Waals surface area contributed by atoms with Crippen molar-refractivity contribution in [2.24, 2.45) is 0 Å². The highest BCUT2D eigenvalue weighted by molar-refractivity contribution is 5.96. The number of aliphatic hydroxyl groups excluding tert-OH is 1. The zero-order chi connectivity index (χ0) is 15.0. The maximum Gasteiger partial charge on any atom is 0.254 e. The highest BCUT2D eigenvalue weighted by Crippen LogP contribution is 2.12. The van der Waals surface area contributed by atoms with Gasteiger partial charge in [0, 0.05) is 38.4 Å². The Kier molecular flexibility index (Phi) is 6.69. The van der Waals surface area contributed by atoms with Crippen LogP contribution in [-0.2, 0) is 9.53 Å². The molecule has 0 aliphatic rings. The van der Waals surface area contributed by atoms with Crippen LogP contribution in [0.2, 0.25) is 0 Å². The fourth-order valence-electron chi connectivity index (χ4n) is 1.75. The summed E-state index contributed by atoms with van der Waals surface area (Å²) in [5.74, 6) is -0.399. The van der Waals surface area contributed by atoms with Crippen molar-refractivity contribution < 1.29 is 19.4 Å². The van der Waals surface area contributed by atoms with Crippen LogP contribution in [-0.4, -0.2) is 55.2 Å². The van der Waals surface area contributed by atoms with Gasteiger partial charge in [-0.3, -0.25) is 9.59 Å². The van der Waals surface area contributed by atoms with Gasteiger partial charge in [0.05, 0.1) is 13.2 Å². The predicted octanol–water partition coefficient (Wildman–Crippen LogP) is 0.726. The number of hydrogen-bond donors (Lipinski definition) is 2. The molecule has 0 aliphatic carbocycles. The Hall–Kier alpha value is -1.92. The van der Waals surface area contributed by atoms with Crippen LogP contribution in [0.25, 0.3) is 0 Å². The lowest BCUT2D eigenvalue weighted by molar-refractivity contribution is -0.114. The van der Waals surface area contributed by atoms with E-state index in [4.69, 9.17) is 9.84 Å². The van der Waals surface area contributed by atoms with Crippen LogP contribution in [0.15, 0.2) is 24.3 Å². The van der Waals surface area contributed by atoms with Gasteiger partial charge in [-0.2, -0.15) is 0 Å². The Morgan fingerprint density at radius 1 is 1.35 bits per heavy atom. The predicted molar refractivity (Wildman–Crippen MR) is 75.6 cm³/mol. The van der Waals surface area contributed by atoms with E-state index in [0.29, 0.717) is 24.4 Å². The number of hydrogen-bond acceptors (Lipinski definition) is 4. The maximum atomic E-state index is 12.3. The van der Waals surface area contributed by atoms with E-state index in [1.807, 2.05) is 0 Å². The molecule has 6 heteroatoms. The largest absolute Gasteiger partial charge is 0.395 e. The molecule has 6 nitrogen and oxygen atoms in total. The number of nitrogens with zero attached hydrogens (tertiary/aromatic N) is 1. The SMILES string of the molecule is COCCN(CCO)C(=O)c1cccc(NC(C)=O)c1. The smallest absolute Gasteiger partial charge is 0.254 e. The van der Waals surface area contributed by atoms with Gasteiger partial charge in [0.2, 0.25) is 5.91 Å². The first-order valence-electron chi connectivity index (χ1n) is 6.35. The first-order valence-corrected chi connectivity index (χ1v) is 6.35. The third-order valence-corrected chi connectivity index (χ3v) is 2.65. The quantitative estimate of drug-likeness (QED) is 0.771. The molecule has 110 valence electrons. The summed E-state index contributed by atoms with van der Waals surface area (Å²) in [6.07, 6.45) is 0. The fourth-order valence-corrected chi connectivity index (χ4v) is 1.75. The number of rotatable bonds is 7. The number of carbonyl (C=O) groups is 2. The van der Waals surface area contributed by atoms with Gasteiger partial charge in [0.25, 0.3) is 5.91 Å². The summed E-state index contributed by atoms with van der Waals surface area (Å²) in [6, 6.07) is 6.70. The standard InChI is InChI=1S/C14H20N2O4/c1-11(18)15-13-5-3-4-12(10-13)14(19)16(6-8-17)7-9-20-2/h3-5,10,17H,6-9H2,1-2H3,(H,15,18). The molecule has 0 unspecified atom stereocenters. The van der Waals surface area contributed by atoms with Gasteiger partial charge in [-0.15, -0.1) is 0 Å². The van der Waals surface area contributed by atoms with Crippen molar-refractivity contribution in [2.75, 3.05) is 38.7 Å². The average molecular weight is 280 g/mol. The molecule has 0 saturated heterocycles. The van der Waals surface area contributed by atoms with Gasteiger partial charge in [-0.25, -0.2) is 0 Å². The Morgan fingerprint density at radius 2 is 2.10 bits per heavy atom. The van der Waals surface area contributed by atoms with Crippen LogP contribution >= 0.6 is 0 Å². The van der Waals surface area contributed by atoms with E-state index in [1.165, 1.54) is 11.8 Å². The number of anilines is 1. The minimum Gasteiger partial charge on any atom is -0.395 e. The Morgan fingerprint density at radius 3 is 2.70 bits per heavy atom. The summed E-state index contributed by atoms with van der Waals surface area (Å²) in [5, 5.41) is 11.6. The molecule has 0 saturated carbocycles. The molecule has 0 bridgehead atoms. The second kappa shape index (κ2) is 8.29. The van der Waals surface area contributed by atoms with Crippen molar-refractivity contribution >= 4 is 17.5 Å². The molecule has 0 spiro atoms. The lowest BCUT2D eigenvalue weighted by atomic mass is 10.1.